The highest BCUT2D eigenvalue weighted by Crippen LogP contribution is 2.37. The van der Waals surface area contributed by atoms with Crippen molar-refractivity contribution in [2.24, 2.45) is 0 Å². The zero-order valence-corrected chi connectivity index (χ0v) is 17.8. The van der Waals surface area contributed by atoms with Gasteiger partial charge in [0.05, 0.1) is 22.9 Å². The molecule has 0 N–H and O–H groups in total. The average Bonchev–Trinajstić information content (AvgIpc) is 2.83. The predicted octanol–water partition coefficient (Wildman–Crippen LogP) is 3.54. The molecular formula is C21H31BFNO4. The quantitative estimate of drug-likeness (QED) is 0.737. The largest absolute Gasteiger partial charge is 0.497 e. The first-order chi connectivity index (χ1) is 13.0. The number of carbonyl (C=O) groups excluding carboxylic acids is 1. The first kappa shape index (κ1) is 21.1. The highest BCUT2D eigenvalue weighted by atomic mass is 19.1. The summed E-state index contributed by atoms with van der Waals surface area (Å²) in [5.74, 6) is -0.332. The summed E-state index contributed by atoms with van der Waals surface area (Å²) in [6.45, 7) is 12.8. The summed E-state index contributed by atoms with van der Waals surface area (Å²) < 4.78 is 32.9. The SMILES string of the molecule is CC(C)Oc1cc(B2OC(C)(C)C(C)(C)O2)c(F)cc1C(=O)N1CCCCC1. The molecule has 0 radical (unpaired) electrons. The van der Waals surface area contributed by atoms with E-state index in [2.05, 4.69) is 0 Å². The predicted molar refractivity (Wildman–Crippen MR) is 108 cm³/mol. The Kier molecular flexibility index (Phi) is 5.79. The molecule has 7 heteroatoms. The third-order valence-corrected chi connectivity index (χ3v) is 5.84. The van der Waals surface area contributed by atoms with Crippen molar-refractivity contribution >= 4 is 18.5 Å². The van der Waals surface area contributed by atoms with Crippen molar-refractivity contribution in [3.05, 3.63) is 23.5 Å². The Morgan fingerprint density at radius 2 is 1.68 bits per heavy atom. The summed E-state index contributed by atoms with van der Waals surface area (Å²) >= 11 is 0. The highest BCUT2D eigenvalue weighted by molar-refractivity contribution is 6.62. The Balaban J connectivity index is 1.97. The lowest BCUT2D eigenvalue weighted by Crippen LogP contribution is -2.41. The lowest BCUT2D eigenvalue weighted by Gasteiger charge is -2.32. The molecule has 0 spiro atoms. The molecule has 0 aliphatic carbocycles. The van der Waals surface area contributed by atoms with Crippen LogP contribution in [0.25, 0.3) is 0 Å². The minimum atomic E-state index is -0.848. The Hall–Kier alpha value is -1.60. The molecule has 0 bridgehead atoms. The number of halogens is 1. The van der Waals surface area contributed by atoms with Crippen molar-refractivity contribution in [3.63, 3.8) is 0 Å². The van der Waals surface area contributed by atoms with Crippen LogP contribution < -0.4 is 10.2 Å². The van der Waals surface area contributed by atoms with Gasteiger partial charge in [-0.2, -0.15) is 0 Å². The van der Waals surface area contributed by atoms with Gasteiger partial charge in [-0.25, -0.2) is 4.39 Å². The molecule has 2 aliphatic heterocycles. The van der Waals surface area contributed by atoms with E-state index in [1.807, 2.05) is 41.5 Å². The summed E-state index contributed by atoms with van der Waals surface area (Å²) in [6, 6.07) is 2.84. The molecule has 2 fully saturated rings. The summed E-state index contributed by atoms with van der Waals surface area (Å²) in [6.07, 6.45) is 2.92. The topological polar surface area (TPSA) is 48.0 Å². The first-order valence-electron chi connectivity index (χ1n) is 10.2. The summed E-state index contributed by atoms with van der Waals surface area (Å²) in [4.78, 5) is 14.8. The third-order valence-electron chi connectivity index (χ3n) is 5.84. The summed E-state index contributed by atoms with van der Waals surface area (Å²) in [7, 11) is -0.848. The summed E-state index contributed by atoms with van der Waals surface area (Å²) in [5, 5.41) is 0. The summed E-state index contributed by atoms with van der Waals surface area (Å²) in [5.41, 5.74) is -0.644. The molecule has 1 aromatic rings. The smallest absolute Gasteiger partial charge is 0.490 e. The van der Waals surface area contributed by atoms with Crippen LogP contribution in [0.3, 0.4) is 0 Å². The van der Waals surface area contributed by atoms with Gasteiger partial charge >= 0.3 is 7.12 Å². The molecule has 2 aliphatic rings. The van der Waals surface area contributed by atoms with Gasteiger partial charge < -0.3 is 18.9 Å². The number of nitrogens with zero attached hydrogens (tertiary/aromatic N) is 1. The van der Waals surface area contributed by atoms with Gasteiger partial charge in [-0.1, -0.05) is 0 Å². The van der Waals surface area contributed by atoms with E-state index in [-0.39, 0.29) is 23.0 Å². The Labute approximate surface area is 167 Å². The molecule has 0 aromatic heterocycles. The maximum Gasteiger partial charge on any atom is 0.497 e. The second-order valence-corrected chi connectivity index (χ2v) is 8.98. The molecule has 2 heterocycles. The zero-order chi connectivity index (χ0) is 20.7. The van der Waals surface area contributed by atoms with Crippen molar-refractivity contribution in [2.75, 3.05) is 13.1 Å². The lowest BCUT2D eigenvalue weighted by atomic mass is 9.78. The van der Waals surface area contributed by atoms with Gasteiger partial charge in [-0.3, -0.25) is 4.79 Å². The van der Waals surface area contributed by atoms with Gasteiger partial charge in [0.25, 0.3) is 5.91 Å². The van der Waals surface area contributed by atoms with Crippen LogP contribution in [0.4, 0.5) is 4.39 Å². The maximum absolute atomic E-state index is 15.1. The number of amides is 1. The maximum atomic E-state index is 15.1. The molecule has 28 heavy (non-hydrogen) atoms. The highest BCUT2D eigenvalue weighted by Gasteiger charge is 2.52. The van der Waals surface area contributed by atoms with Gasteiger partial charge in [-0.05, 0) is 72.9 Å². The zero-order valence-electron chi connectivity index (χ0n) is 17.8. The van der Waals surface area contributed by atoms with E-state index in [1.165, 1.54) is 6.07 Å². The number of rotatable bonds is 4. The molecule has 154 valence electrons. The number of hydrogen-bond donors (Lipinski definition) is 0. The van der Waals surface area contributed by atoms with E-state index >= 15 is 4.39 Å². The monoisotopic (exact) mass is 391 g/mol. The van der Waals surface area contributed by atoms with E-state index in [0.29, 0.717) is 18.8 Å². The lowest BCUT2D eigenvalue weighted by molar-refractivity contribution is 0.00578. The van der Waals surface area contributed by atoms with Gasteiger partial charge in [0.1, 0.15) is 11.6 Å². The van der Waals surface area contributed by atoms with Crippen molar-refractivity contribution in [3.8, 4) is 5.75 Å². The van der Waals surface area contributed by atoms with Crippen LogP contribution in [0, 0.1) is 5.82 Å². The number of benzene rings is 1. The minimum Gasteiger partial charge on any atom is -0.490 e. The minimum absolute atomic E-state index is 0.149. The molecule has 0 unspecified atom stereocenters. The fourth-order valence-electron chi connectivity index (χ4n) is 3.51. The second-order valence-electron chi connectivity index (χ2n) is 8.98. The normalized spacial score (nSPS) is 21.3. The van der Waals surface area contributed by atoms with Crippen molar-refractivity contribution in [2.45, 2.75) is 78.1 Å². The standard InChI is InChI=1S/C21H31BFNO4/c1-14(2)26-18-13-16(22-27-20(3,4)21(5,6)28-22)17(23)12-15(18)19(25)24-10-8-7-9-11-24/h12-14H,7-11H2,1-6H3. The van der Waals surface area contributed by atoms with Gasteiger partial charge in [0, 0.05) is 18.6 Å². The van der Waals surface area contributed by atoms with Gasteiger partial charge in [0.2, 0.25) is 0 Å². The first-order valence-corrected chi connectivity index (χ1v) is 10.2. The molecule has 5 nitrogen and oxygen atoms in total. The van der Waals surface area contributed by atoms with E-state index < -0.39 is 24.1 Å². The van der Waals surface area contributed by atoms with Crippen LogP contribution in [0.15, 0.2) is 12.1 Å². The fraction of sp³-hybridized carbons (Fsp3) is 0.667. The molecule has 3 rings (SSSR count). The fourth-order valence-corrected chi connectivity index (χ4v) is 3.51. The Morgan fingerprint density at radius 3 is 2.21 bits per heavy atom. The van der Waals surface area contributed by atoms with Crippen molar-refractivity contribution in [1.29, 1.82) is 0 Å². The van der Waals surface area contributed by atoms with Crippen LogP contribution in [-0.2, 0) is 9.31 Å². The number of piperidine rings is 1. The van der Waals surface area contributed by atoms with E-state index in [9.17, 15) is 4.79 Å². The Morgan fingerprint density at radius 1 is 1.11 bits per heavy atom. The molecular weight excluding hydrogens is 360 g/mol. The van der Waals surface area contributed by atoms with Crippen molar-refractivity contribution in [1.82, 2.24) is 4.90 Å². The number of ether oxygens (including phenoxy) is 1. The van der Waals surface area contributed by atoms with E-state index in [4.69, 9.17) is 14.0 Å². The van der Waals surface area contributed by atoms with Crippen LogP contribution in [0.1, 0.15) is 71.2 Å². The van der Waals surface area contributed by atoms with E-state index in [0.717, 1.165) is 19.3 Å². The molecule has 1 aromatic carbocycles. The molecule has 1 amide bonds. The number of carbonyl (C=O) groups is 1. The molecule has 0 atom stereocenters. The van der Waals surface area contributed by atoms with Gasteiger partial charge in [-0.15, -0.1) is 0 Å². The van der Waals surface area contributed by atoms with E-state index in [1.54, 1.807) is 11.0 Å². The third kappa shape index (κ3) is 4.06. The van der Waals surface area contributed by atoms with Crippen LogP contribution in [0.5, 0.6) is 5.75 Å². The van der Waals surface area contributed by atoms with Crippen molar-refractivity contribution < 1.29 is 23.2 Å². The average molecular weight is 391 g/mol. The molecule has 2 saturated heterocycles. The molecule has 0 saturated carbocycles. The number of hydrogen-bond acceptors (Lipinski definition) is 4. The Bertz CT molecular complexity index is 728. The number of likely N-dealkylation sites (tertiary alicyclic amines) is 1. The van der Waals surface area contributed by atoms with Gasteiger partial charge in [0.15, 0.2) is 0 Å². The van der Waals surface area contributed by atoms with Crippen LogP contribution >= 0.6 is 0 Å². The van der Waals surface area contributed by atoms with Crippen LogP contribution in [-0.4, -0.2) is 48.3 Å². The van der Waals surface area contributed by atoms with Crippen LogP contribution in [0.2, 0.25) is 0 Å². The second kappa shape index (κ2) is 7.67.